The van der Waals surface area contributed by atoms with Crippen molar-refractivity contribution in [3.63, 3.8) is 0 Å². The minimum Gasteiger partial charge on any atom is -0.306 e. The van der Waals surface area contributed by atoms with E-state index >= 15 is 0 Å². The van der Waals surface area contributed by atoms with Gasteiger partial charge in [0.15, 0.2) is 0 Å². The third-order valence-electron chi connectivity index (χ3n) is 7.19. The number of rotatable bonds is 7. The maximum atomic E-state index is 13.4. The van der Waals surface area contributed by atoms with E-state index in [1.54, 1.807) is 0 Å². The number of urea groups is 1. The van der Waals surface area contributed by atoms with Gasteiger partial charge in [0.2, 0.25) is 5.62 Å². The van der Waals surface area contributed by atoms with Gasteiger partial charge in [0.05, 0.1) is 11.4 Å². The summed E-state index contributed by atoms with van der Waals surface area (Å²) in [5.41, 5.74) is 8.40. The molecule has 0 aliphatic rings. The van der Waals surface area contributed by atoms with Gasteiger partial charge in [-0.05, 0) is 58.1 Å². The fourth-order valence-corrected chi connectivity index (χ4v) is 5.18. The Hall–Kier alpha value is -3.86. The van der Waals surface area contributed by atoms with Gasteiger partial charge in [-0.25, -0.2) is 4.79 Å². The van der Waals surface area contributed by atoms with Crippen LogP contribution in [0.25, 0.3) is 11.4 Å². The lowest BCUT2D eigenvalue weighted by Crippen LogP contribution is -2.29. The summed E-state index contributed by atoms with van der Waals surface area (Å²) in [6.07, 6.45) is 4.12. The van der Waals surface area contributed by atoms with Gasteiger partial charge in [0.25, 0.3) is 0 Å². The van der Waals surface area contributed by atoms with E-state index in [0.717, 1.165) is 11.4 Å². The zero-order valence-corrected chi connectivity index (χ0v) is 24.6. The van der Waals surface area contributed by atoms with Crippen molar-refractivity contribution in [2.45, 2.75) is 79.1 Å². The molecule has 5 nitrogen and oxygen atoms in total. The molecule has 204 valence electrons. The van der Waals surface area contributed by atoms with Crippen LogP contribution in [0.3, 0.4) is 0 Å². The molecule has 4 aromatic rings. The number of hydrogen-bond donors (Lipinski definition) is 1. The molecule has 0 radical (unpaired) electrons. The molecule has 0 bridgehead atoms. The number of imidazole rings is 1. The number of nitrogens with one attached hydrogen (secondary N) is 1. The topological polar surface area (TPSA) is 51.3 Å². The minimum absolute atomic E-state index is 0.301. The lowest BCUT2D eigenvalue weighted by atomic mass is 9.92. The van der Waals surface area contributed by atoms with Crippen molar-refractivity contribution in [1.29, 1.82) is 0 Å². The van der Waals surface area contributed by atoms with Crippen LogP contribution in [-0.4, -0.2) is 15.2 Å². The molecule has 5 heteroatoms. The Morgan fingerprint density at radius 3 is 1.33 bits per heavy atom. The third kappa shape index (κ3) is 5.93. The Balaban J connectivity index is 2.08. The lowest BCUT2D eigenvalue weighted by Gasteiger charge is -2.22. The molecule has 0 atom stereocenters. The van der Waals surface area contributed by atoms with Gasteiger partial charge in [0.1, 0.15) is 0 Å². The zero-order chi connectivity index (χ0) is 28.3. The van der Waals surface area contributed by atoms with Crippen molar-refractivity contribution in [3.8, 4) is 11.4 Å². The summed E-state index contributed by atoms with van der Waals surface area (Å²) >= 11 is 0. The van der Waals surface area contributed by atoms with E-state index in [-0.39, 0.29) is 0 Å². The Labute approximate surface area is 233 Å². The summed E-state index contributed by atoms with van der Waals surface area (Å²) in [6, 6.07) is 22.1. The van der Waals surface area contributed by atoms with E-state index < -0.39 is 6.03 Å². The smallest absolute Gasteiger partial charge is 0.306 e. The first kappa shape index (κ1) is 28.2. The molecule has 0 aliphatic heterocycles. The number of nitrogens with zero attached hydrogens (tertiary/aromatic N) is 3. The SMILES string of the molecule is CC(C)c1cccc(C(C)C)c1-n1ccn(-c2c(C(C)C)cccc2C(C)C)c1=NC(=O)Nc1ccccc1. The highest BCUT2D eigenvalue weighted by Gasteiger charge is 2.21. The molecule has 0 aliphatic carbocycles. The molecular formula is C34H42N4O. The molecule has 0 spiro atoms. The number of benzene rings is 3. The summed E-state index contributed by atoms with van der Waals surface area (Å²) in [6.45, 7) is 17.7. The van der Waals surface area contributed by atoms with Crippen LogP contribution >= 0.6 is 0 Å². The van der Waals surface area contributed by atoms with E-state index in [1.165, 1.54) is 22.3 Å². The highest BCUT2D eigenvalue weighted by molar-refractivity contribution is 5.89. The number of carbonyl (C=O) groups is 1. The van der Waals surface area contributed by atoms with Gasteiger partial charge in [-0.1, -0.05) is 110 Å². The van der Waals surface area contributed by atoms with Gasteiger partial charge >= 0.3 is 6.03 Å². The summed E-state index contributed by atoms with van der Waals surface area (Å²) in [7, 11) is 0. The van der Waals surface area contributed by atoms with Gasteiger partial charge in [0, 0.05) is 18.1 Å². The molecular weight excluding hydrogens is 480 g/mol. The van der Waals surface area contributed by atoms with E-state index in [4.69, 9.17) is 4.99 Å². The Morgan fingerprint density at radius 2 is 0.974 bits per heavy atom. The van der Waals surface area contributed by atoms with Crippen molar-refractivity contribution in [2.24, 2.45) is 4.99 Å². The zero-order valence-electron chi connectivity index (χ0n) is 24.6. The van der Waals surface area contributed by atoms with E-state index in [2.05, 4.69) is 119 Å². The molecule has 3 aromatic carbocycles. The van der Waals surface area contributed by atoms with E-state index in [1.807, 2.05) is 30.3 Å². The number of carbonyl (C=O) groups excluding carboxylic acids is 1. The first-order valence-corrected chi connectivity index (χ1v) is 14.1. The maximum absolute atomic E-state index is 13.4. The number of hydrogen-bond acceptors (Lipinski definition) is 1. The largest absolute Gasteiger partial charge is 0.348 e. The third-order valence-corrected chi connectivity index (χ3v) is 7.19. The number of para-hydroxylation sites is 3. The molecule has 1 aromatic heterocycles. The average Bonchev–Trinajstić information content (AvgIpc) is 3.30. The van der Waals surface area contributed by atoms with Gasteiger partial charge in [-0.3, -0.25) is 9.13 Å². The predicted molar refractivity (Wildman–Crippen MR) is 162 cm³/mol. The molecule has 2 amide bonds. The van der Waals surface area contributed by atoms with Crippen LogP contribution in [0.5, 0.6) is 0 Å². The molecule has 1 heterocycles. The number of anilines is 1. The van der Waals surface area contributed by atoms with Crippen LogP contribution in [0.2, 0.25) is 0 Å². The van der Waals surface area contributed by atoms with E-state index in [0.29, 0.717) is 35.0 Å². The summed E-state index contributed by atoms with van der Waals surface area (Å²) in [4.78, 5) is 18.2. The fourth-order valence-electron chi connectivity index (χ4n) is 5.18. The van der Waals surface area contributed by atoms with E-state index in [9.17, 15) is 4.79 Å². The average molecular weight is 523 g/mol. The van der Waals surface area contributed by atoms with Crippen molar-refractivity contribution < 1.29 is 4.79 Å². The second kappa shape index (κ2) is 11.9. The fraction of sp³-hybridized carbons (Fsp3) is 0.353. The van der Waals surface area contributed by atoms with Gasteiger partial charge < -0.3 is 5.32 Å². The Morgan fingerprint density at radius 1 is 0.590 bits per heavy atom. The van der Waals surface area contributed by atoms with Crippen molar-refractivity contribution in [2.75, 3.05) is 5.32 Å². The maximum Gasteiger partial charge on any atom is 0.348 e. The highest BCUT2D eigenvalue weighted by Crippen LogP contribution is 2.33. The van der Waals surface area contributed by atoms with Crippen LogP contribution in [0.15, 0.2) is 84.1 Å². The van der Waals surface area contributed by atoms with Crippen LogP contribution in [0.1, 0.15) is 101 Å². The van der Waals surface area contributed by atoms with Crippen LogP contribution < -0.4 is 10.9 Å². The lowest BCUT2D eigenvalue weighted by molar-refractivity contribution is 0.258. The Bertz CT molecular complexity index is 1370. The Kier molecular flexibility index (Phi) is 8.59. The molecule has 4 rings (SSSR count). The predicted octanol–water partition coefficient (Wildman–Crippen LogP) is 8.89. The highest BCUT2D eigenvalue weighted by atomic mass is 16.2. The quantitative estimate of drug-likeness (QED) is 0.259. The second-order valence-corrected chi connectivity index (χ2v) is 11.4. The van der Waals surface area contributed by atoms with Gasteiger partial charge in [-0.2, -0.15) is 4.99 Å². The minimum atomic E-state index is -0.406. The van der Waals surface area contributed by atoms with Crippen LogP contribution in [0, 0.1) is 0 Å². The van der Waals surface area contributed by atoms with Gasteiger partial charge in [-0.15, -0.1) is 0 Å². The summed E-state index contributed by atoms with van der Waals surface area (Å²) in [5, 5.41) is 2.95. The second-order valence-electron chi connectivity index (χ2n) is 11.4. The van der Waals surface area contributed by atoms with Crippen molar-refractivity contribution in [1.82, 2.24) is 9.13 Å². The standard InChI is InChI=1S/C34H42N4O/c1-22(2)27-16-12-17-28(23(3)4)31(27)37-20-21-38(32-29(24(5)6)18-13-19-30(32)25(7)8)34(37)36-33(39)35-26-14-10-9-11-15-26/h9-25H,1-8H3,(H,35,39). The van der Waals surface area contributed by atoms with Crippen molar-refractivity contribution >= 4 is 11.7 Å². The molecule has 1 N–H and O–H groups in total. The summed E-state index contributed by atoms with van der Waals surface area (Å²) in [5.74, 6) is 1.20. The van der Waals surface area contributed by atoms with Crippen molar-refractivity contribution in [3.05, 3.63) is 107 Å². The first-order chi connectivity index (χ1) is 18.6. The number of aromatic nitrogens is 2. The first-order valence-electron chi connectivity index (χ1n) is 14.1. The molecule has 0 unspecified atom stereocenters. The summed E-state index contributed by atoms with van der Waals surface area (Å²) < 4.78 is 4.22. The monoisotopic (exact) mass is 522 g/mol. The van der Waals surface area contributed by atoms with Crippen LogP contribution in [0.4, 0.5) is 10.5 Å². The molecule has 39 heavy (non-hydrogen) atoms. The normalized spacial score (nSPS) is 11.6. The molecule has 0 saturated carbocycles. The molecule has 0 saturated heterocycles. The number of amides is 2. The van der Waals surface area contributed by atoms with Crippen LogP contribution in [-0.2, 0) is 0 Å². The molecule has 0 fully saturated rings.